The number of halogens is 1. The SMILES string of the molecule is CNC(=O)Nc1cc(F)ccc1COc1ccc(C)cc1C. The van der Waals surface area contributed by atoms with Gasteiger partial charge in [-0.05, 0) is 37.6 Å². The predicted molar refractivity (Wildman–Crippen MR) is 84.7 cm³/mol. The van der Waals surface area contributed by atoms with E-state index in [2.05, 4.69) is 10.6 Å². The monoisotopic (exact) mass is 302 g/mol. The molecule has 2 rings (SSSR count). The van der Waals surface area contributed by atoms with Crippen LogP contribution in [0.15, 0.2) is 36.4 Å². The summed E-state index contributed by atoms with van der Waals surface area (Å²) in [5.74, 6) is 0.350. The van der Waals surface area contributed by atoms with Crippen LogP contribution in [0.5, 0.6) is 5.75 Å². The van der Waals surface area contributed by atoms with Crippen LogP contribution in [-0.4, -0.2) is 13.1 Å². The average Bonchev–Trinajstić information content (AvgIpc) is 2.48. The molecule has 0 heterocycles. The van der Waals surface area contributed by atoms with Crippen molar-refractivity contribution in [3.8, 4) is 5.75 Å². The quantitative estimate of drug-likeness (QED) is 0.903. The molecule has 4 nitrogen and oxygen atoms in total. The molecule has 0 fully saturated rings. The minimum Gasteiger partial charge on any atom is -0.489 e. The van der Waals surface area contributed by atoms with Gasteiger partial charge in [0.25, 0.3) is 0 Å². The van der Waals surface area contributed by atoms with Gasteiger partial charge in [0.05, 0.1) is 5.69 Å². The molecular formula is C17H19FN2O2. The molecule has 0 saturated carbocycles. The number of carbonyl (C=O) groups is 1. The Morgan fingerprint density at radius 3 is 2.64 bits per heavy atom. The summed E-state index contributed by atoms with van der Waals surface area (Å²) in [6.45, 7) is 4.22. The second kappa shape index (κ2) is 6.93. The Balaban J connectivity index is 2.16. The van der Waals surface area contributed by atoms with Crippen molar-refractivity contribution in [2.45, 2.75) is 20.5 Å². The van der Waals surface area contributed by atoms with Crippen LogP contribution in [0.4, 0.5) is 14.9 Å². The van der Waals surface area contributed by atoms with Gasteiger partial charge in [-0.25, -0.2) is 9.18 Å². The van der Waals surface area contributed by atoms with Crippen LogP contribution in [-0.2, 0) is 6.61 Å². The van der Waals surface area contributed by atoms with Crippen LogP contribution in [0.2, 0.25) is 0 Å². The van der Waals surface area contributed by atoms with Gasteiger partial charge in [0.2, 0.25) is 0 Å². The lowest BCUT2D eigenvalue weighted by atomic mass is 10.1. The minimum atomic E-state index is -0.415. The van der Waals surface area contributed by atoms with Gasteiger partial charge in [0, 0.05) is 12.6 Å². The van der Waals surface area contributed by atoms with E-state index in [1.165, 1.54) is 19.2 Å². The lowest BCUT2D eigenvalue weighted by Crippen LogP contribution is -2.25. The van der Waals surface area contributed by atoms with Crippen LogP contribution in [0, 0.1) is 19.7 Å². The van der Waals surface area contributed by atoms with Gasteiger partial charge in [0.15, 0.2) is 0 Å². The van der Waals surface area contributed by atoms with Gasteiger partial charge in [0.1, 0.15) is 18.2 Å². The molecule has 2 aromatic carbocycles. The smallest absolute Gasteiger partial charge is 0.318 e. The third-order valence-electron chi connectivity index (χ3n) is 3.26. The number of aryl methyl sites for hydroxylation is 2. The minimum absolute atomic E-state index is 0.240. The summed E-state index contributed by atoms with van der Waals surface area (Å²) in [7, 11) is 1.50. The number of carbonyl (C=O) groups excluding carboxylic acids is 1. The van der Waals surface area contributed by atoms with Crippen LogP contribution in [0.25, 0.3) is 0 Å². The molecule has 0 saturated heterocycles. The Morgan fingerprint density at radius 2 is 1.95 bits per heavy atom. The topological polar surface area (TPSA) is 50.4 Å². The third-order valence-corrected chi connectivity index (χ3v) is 3.26. The highest BCUT2D eigenvalue weighted by Gasteiger charge is 2.09. The molecular weight excluding hydrogens is 283 g/mol. The first-order valence-corrected chi connectivity index (χ1v) is 6.97. The molecule has 2 aromatic rings. The van der Waals surface area contributed by atoms with E-state index in [0.717, 1.165) is 16.9 Å². The second-order valence-electron chi connectivity index (χ2n) is 5.06. The molecule has 22 heavy (non-hydrogen) atoms. The number of amides is 2. The Labute approximate surface area is 129 Å². The van der Waals surface area contributed by atoms with Crippen molar-refractivity contribution < 1.29 is 13.9 Å². The Hall–Kier alpha value is -2.56. The zero-order chi connectivity index (χ0) is 16.1. The zero-order valence-corrected chi connectivity index (χ0v) is 12.9. The summed E-state index contributed by atoms with van der Waals surface area (Å²) < 4.78 is 19.1. The Bertz CT molecular complexity index is 686. The van der Waals surface area contributed by atoms with E-state index in [1.807, 2.05) is 32.0 Å². The summed E-state index contributed by atoms with van der Waals surface area (Å²) in [5, 5.41) is 5.03. The van der Waals surface area contributed by atoms with Gasteiger partial charge >= 0.3 is 6.03 Å². The van der Waals surface area contributed by atoms with Crippen molar-refractivity contribution in [3.63, 3.8) is 0 Å². The molecule has 116 valence electrons. The molecule has 5 heteroatoms. The average molecular weight is 302 g/mol. The standard InChI is InChI=1S/C17H19FN2O2/c1-11-4-7-16(12(2)8-11)22-10-13-5-6-14(18)9-15(13)20-17(21)19-3/h4-9H,10H2,1-3H3,(H2,19,20,21). The fraction of sp³-hybridized carbons (Fsp3) is 0.235. The summed E-state index contributed by atoms with van der Waals surface area (Å²) in [4.78, 5) is 11.4. The van der Waals surface area contributed by atoms with Crippen molar-refractivity contribution >= 4 is 11.7 Å². The number of rotatable bonds is 4. The molecule has 0 aliphatic heterocycles. The first kappa shape index (κ1) is 15.8. The highest BCUT2D eigenvalue weighted by molar-refractivity contribution is 5.89. The van der Waals surface area contributed by atoms with E-state index < -0.39 is 11.8 Å². The number of hydrogen-bond donors (Lipinski definition) is 2. The van der Waals surface area contributed by atoms with E-state index in [4.69, 9.17) is 4.74 Å². The van der Waals surface area contributed by atoms with E-state index in [9.17, 15) is 9.18 Å². The van der Waals surface area contributed by atoms with E-state index in [0.29, 0.717) is 11.3 Å². The second-order valence-corrected chi connectivity index (χ2v) is 5.06. The fourth-order valence-corrected chi connectivity index (χ4v) is 2.09. The zero-order valence-electron chi connectivity index (χ0n) is 12.9. The summed E-state index contributed by atoms with van der Waals surface area (Å²) in [6.07, 6.45) is 0. The molecule has 0 spiro atoms. The normalized spacial score (nSPS) is 10.2. The number of anilines is 1. The molecule has 0 aromatic heterocycles. The summed E-state index contributed by atoms with van der Waals surface area (Å²) in [6, 6.07) is 9.72. The predicted octanol–water partition coefficient (Wildman–Crippen LogP) is 3.77. The maximum absolute atomic E-state index is 13.4. The van der Waals surface area contributed by atoms with Gasteiger partial charge in [-0.3, -0.25) is 0 Å². The van der Waals surface area contributed by atoms with Gasteiger partial charge < -0.3 is 15.4 Å². The van der Waals surface area contributed by atoms with Crippen molar-refractivity contribution in [2.24, 2.45) is 0 Å². The molecule has 0 atom stereocenters. The van der Waals surface area contributed by atoms with Crippen LogP contribution in [0.1, 0.15) is 16.7 Å². The molecule has 2 N–H and O–H groups in total. The molecule has 0 bridgehead atoms. The van der Waals surface area contributed by atoms with Crippen LogP contribution < -0.4 is 15.4 Å². The number of ether oxygens (including phenoxy) is 1. The van der Waals surface area contributed by atoms with Crippen molar-refractivity contribution in [3.05, 3.63) is 58.9 Å². The number of urea groups is 1. The third kappa shape index (κ3) is 3.97. The maximum Gasteiger partial charge on any atom is 0.318 e. The van der Waals surface area contributed by atoms with Crippen molar-refractivity contribution in [1.29, 1.82) is 0 Å². The molecule has 0 aliphatic rings. The maximum atomic E-state index is 13.4. The van der Waals surface area contributed by atoms with E-state index >= 15 is 0 Å². The number of benzene rings is 2. The molecule has 0 radical (unpaired) electrons. The first-order chi connectivity index (χ1) is 10.5. The highest BCUT2D eigenvalue weighted by Crippen LogP contribution is 2.23. The number of nitrogens with one attached hydrogen (secondary N) is 2. The van der Waals surface area contributed by atoms with Crippen molar-refractivity contribution in [1.82, 2.24) is 5.32 Å². The largest absolute Gasteiger partial charge is 0.489 e. The molecule has 0 unspecified atom stereocenters. The van der Waals surface area contributed by atoms with Crippen LogP contribution >= 0.6 is 0 Å². The van der Waals surface area contributed by atoms with Crippen LogP contribution in [0.3, 0.4) is 0 Å². The highest BCUT2D eigenvalue weighted by atomic mass is 19.1. The lowest BCUT2D eigenvalue weighted by molar-refractivity contribution is 0.254. The van der Waals surface area contributed by atoms with E-state index in [1.54, 1.807) is 6.07 Å². The summed E-state index contributed by atoms with van der Waals surface area (Å²) >= 11 is 0. The van der Waals surface area contributed by atoms with Crippen molar-refractivity contribution in [2.75, 3.05) is 12.4 Å². The van der Waals surface area contributed by atoms with Gasteiger partial charge in [-0.2, -0.15) is 0 Å². The van der Waals surface area contributed by atoms with Gasteiger partial charge in [-0.15, -0.1) is 0 Å². The molecule has 0 aliphatic carbocycles. The lowest BCUT2D eigenvalue weighted by Gasteiger charge is -2.14. The Morgan fingerprint density at radius 1 is 1.18 bits per heavy atom. The van der Waals surface area contributed by atoms with Gasteiger partial charge in [-0.1, -0.05) is 23.8 Å². The Kier molecular flexibility index (Phi) is 4.99. The summed E-state index contributed by atoms with van der Waals surface area (Å²) in [5.41, 5.74) is 3.28. The number of hydrogen-bond acceptors (Lipinski definition) is 2. The fourth-order valence-electron chi connectivity index (χ4n) is 2.09. The first-order valence-electron chi connectivity index (χ1n) is 6.97. The van der Waals surface area contributed by atoms with E-state index in [-0.39, 0.29) is 6.61 Å². The molecule has 2 amide bonds.